The highest BCUT2D eigenvalue weighted by molar-refractivity contribution is 5.71. The molecule has 2 heterocycles. The number of aromatic amines is 1. The predicted molar refractivity (Wildman–Crippen MR) is 105 cm³/mol. The number of aryl methyl sites for hydroxylation is 1. The zero-order valence-electron chi connectivity index (χ0n) is 15.8. The lowest BCUT2D eigenvalue weighted by Gasteiger charge is -2.17. The number of nitrogens with zero attached hydrogens (tertiary/aromatic N) is 4. The van der Waals surface area contributed by atoms with E-state index >= 15 is 0 Å². The van der Waals surface area contributed by atoms with Crippen LogP contribution in [0.2, 0.25) is 0 Å². The van der Waals surface area contributed by atoms with Crippen molar-refractivity contribution in [1.82, 2.24) is 20.2 Å². The molecule has 0 spiro atoms. The summed E-state index contributed by atoms with van der Waals surface area (Å²) >= 11 is 0. The molecule has 1 aromatic carbocycles. The molecular weight excluding hydrogens is 373 g/mol. The highest BCUT2D eigenvalue weighted by Crippen LogP contribution is 2.35. The molecule has 0 saturated heterocycles. The van der Waals surface area contributed by atoms with Gasteiger partial charge in [0.2, 0.25) is 0 Å². The summed E-state index contributed by atoms with van der Waals surface area (Å²) in [6.45, 7) is 1.70. The van der Waals surface area contributed by atoms with Gasteiger partial charge in [0, 0.05) is 23.7 Å². The number of anilines is 2. The van der Waals surface area contributed by atoms with E-state index in [0.717, 1.165) is 24.8 Å². The van der Waals surface area contributed by atoms with Gasteiger partial charge in [0.15, 0.2) is 11.5 Å². The lowest BCUT2D eigenvalue weighted by atomic mass is 10.1. The number of ether oxygens (including phenoxy) is 1. The molecule has 29 heavy (non-hydrogen) atoms. The van der Waals surface area contributed by atoms with Crippen LogP contribution in [0.5, 0.6) is 5.75 Å². The Morgan fingerprint density at radius 3 is 2.79 bits per heavy atom. The highest BCUT2D eigenvalue weighted by Gasteiger charge is 2.25. The summed E-state index contributed by atoms with van der Waals surface area (Å²) in [5, 5.41) is 19.0. The van der Waals surface area contributed by atoms with E-state index in [1.54, 1.807) is 19.1 Å². The van der Waals surface area contributed by atoms with Crippen LogP contribution >= 0.6 is 0 Å². The van der Waals surface area contributed by atoms with Crippen molar-refractivity contribution in [3.05, 3.63) is 47.7 Å². The van der Waals surface area contributed by atoms with E-state index in [-0.39, 0.29) is 23.7 Å². The van der Waals surface area contributed by atoms with Gasteiger partial charge in [0.05, 0.1) is 18.1 Å². The molecule has 1 aliphatic carbocycles. The topological polar surface area (TPSA) is 126 Å². The summed E-state index contributed by atoms with van der Waals surface area (Å²) in [5.74, 6) is 1.10. The van der Waals surface area contributed by atoms with Crippen molar-refractivity contribution in [2.45, 2.75) is 38.3 Å². The fourth-order valence-electron chi connectivity index (χ4n) is 3.34. The highest BCUT2D eigenvalue weighted by atomic mass is 19.1. The van der Waals surface area contributed by atoms with Crippen LogP contribution in [0, 0.1) is 24.1 Å². The second kappa shape index (κ2) is 7.85. The van der Waals surface area contributed by atoms with Gasteiger partial charge < -0.3 is 15.8 Å². The fourth-order valence-corrected chi connectivity index (χ4v) is 3.34. The lowest BCUT2D eigenvalue weighted by Crippen LogP contribution is -2.19. The predicted octanol–water partition coefficient (Wildman–Crippen LogP) is 3.19. The van der Waals surface area contributed by atoms with Gasteiger partial charge >= 0.3 is 0 Å². The molecule has 0 unspecified atom stereocenters. The molecule has 148 valence electrons. The first-order chi connectivity index (χ1) is 14.0. The Labute approximate surface area is 166 Å². The average Bonchev–Trinajstić information content (AvgIpc) is 3.34. The van der Waals surface area contributed by atoms with Crippen LogP contribution in [0.1, 0.15) is 30.5 Å². The smallest absolute Gasteiger partial charge is 0.158 e. The van der Waals surface area contributed by atoms with Gasteiger partial charge in [0.25, 0.3) is 0 Å². The first-order valence-corrected chi connectivity index (χ1v) is 9.29. The molecule has 4 rings (SSSR count). The number of rotatable bonds is 5. The third-order valence-corrected chi connectivity index (χ3v) is 4.87. The van der Waals surface area contributed by atoms with Crippen molar-refractivity contribution in [2.75, 3.05) is 5.32 Å². The molecule has 0 aliphatic heterocycles. The summed E-state index contributed by atoms with van der Waals surface area (Å²) in [7, 11) is 0. The van der Waals surface area contributed by atoms with Crippen LogP contribution < -0.4 is 15.8 Å². The van der Waals surface area contributed by atoms with Gasteiger partial charge in [-0.05, 0) is 37.8 Å². The summed E-state index contributed by atoms with van der Waals surface area (Å²) in [4.78, 5) is 8.07. The van der Waals surface area contributed by atoms with Crippen LogP contribution in [0.4, 0.5) is 16.0 Å². The SMILES string of the molecule is Cc1cc(-c2cc(Nc3cnc(C#N)cn3)n[nH]2)c(O[C@@H]2CC[C@@H](N)C2)cc1F. The van der Waals surface area contributed by atoms with Gasteiger partial charge in [-0.25, -0.2) is 14.4 Å². The Balaban J connectivity index is 1.59. The summed E-state index contributed by atoms with van der Waals surface area (Å²) in [6, 6.07) is 6.96. The third-order valence-electron chi connectivity index (χ3n) is 4.87. The fraction of sp³-hybridized carbons (Fsp3) is 0.300. The summed E-state index contributed by atoms with van der Waals surface area (Å²) in [5.41, 5.74) is 8.11. The molecule has 1 fully saturated rings. The number of nitrogens with two attached hydrogens (primary N) is 1. The van der Waals surface area contributed by atoms with E-state index in [0.29, 0.717) is 28.6 Å². The zero-order chi connectivity index (χ0) is 20.4. The second-order valence-corrected chi connectivity index (χ2v) is 7.10. The molecular formula is C20H20FN7O. The molecule has 9 heteroatoms. The van der Waals surface area contributed by atoms with Crippen molar-refractivity contribution in [3.8, 4) is 23.1 Å². The van der Waals surface area contributed by atoms with Gasteiger partial charge in [0.1, 0.15) is 29.6 Å². The molecule has 4 N–H and O–H groups in total. The van der Waals surface area contributed by atoms with Crippen LogP contribution in [0.15, 0.2) is 30.6 Å². The van der Waals surface area contributed by atoms with Gasteiger partial charge in [-0.3, -0.25) is 5.10 Å². The Hall–Kier alpha value is -3.51. The largest absolute Gasteiger partial charge is 0.490 e. The van der Waals surface area contributed by atoms with Crippen molar-refractivity contribution >= 4 is 11.6 Å². The van der Waals surface area contributed by atoms with E-state index < -0.39 is 0 Å². The molecule has 0 radical (unpaired) electrons. The van der Waals surface area contributed by atoms with Gasteiger partial charge in [-0.15, -0.1) is 0 Å². The van der Waals surface area contributed by atoms with Gasteiger partial charge in [-0.1, -0.05) is 0 Å². The standard InChI is InChI=1S/C20H20FN7O/c1-11-4-15(18(6-16(11)21)29-14-3-2-12(23)5-14)17-7-19(28-27-17)26-20-10-24-13(8-22)9-25-20/h4,6-7,9-10,12,14H,2-3,5,23H2,1H3,(H2,25,26,27,28)/t12-,14-/m1/s1. The van der Waals surface area contributed by atoms with E-state index in [2.05, 4.69) is 25.5 Å². The number of hydrogen-bond donors (Lipinski definition) is 3. The number of nitriles is 1. The summed E-state index contributed by atoms with van der Waals surface area (Å²) in [6.07, 6.45) is 5.30. The molecule has 1 aliphatic rings. The third kappa shape index (κ3) is 4.17. The molecule has 8 nitrogen and oxygen atoms in total. The number of nitrogens with one attached hydrogen (secondary N) is 2. The van der Waals surface area contributed by atoms with Crippen LogP contribution in [-0.2, 0) is 0 Å². The average molecular weight is 393 g/mol. The van der Waals surface area contributed by atoms with Crippen molar-refractivity contribution < 1.29 is 9.13 Å². The minimum atomic E-state index is -0.322. The monoisotopic (exact) mass is 393 g/mol. The Morgan fingerprint density at radius 2 is 2.10 bits per heavy atom. The summed E-state index contributed by atoms with van der Waals surface area (Å²) < 4.78 is 20.3. The second-order valence-electron chi connectivity index (χ2n) is 7.10. The molecule has 2 atom stereocenters. The number of H-pyrrole nitrogens is 1. The quantitative estimate of drug-likeness (QED) is 0.608. The molecule has 2 aromatic heterocycles. The first kappa shape index (κ1) is 18.8. The number of hydrogen-bond acceptors (Lipinski definition) is 7. The Kier molecular flexibility index (Phi) is 5.10. The molecule has 0 bridgehead atoms. The number of benzene rings is 1. The molecule has 0 amide bonds. The van der Waals surface area contributed by atoms with Crippen molar-refractivity contribution in [2.24, 2.45) is 5.73 Å². The van der Waals surface area contributed by atoms with E-state index in [1.165, 1.54) is 18.5 Å². The maximum atomic E-state index is 14.2. The number of halogens is 1. The van der Waals surface area contributed by atoms with E-state index in [9.17, 15) is 4.39 Å². The van der Waals surface area contributed by atoms with Crippen molar-refractivity contribution in [1.29, 1.82) is 5.26 Å². The molecule has 3 aromatic rings. The normalized spacial score (nSPS) is 18.4. The molecule has 1 saturated carbocycles. The van der Waals surface area contributed by atoms with Crippen LogP contribution in [-0.4, -0.2) is 32.3 Å². The van der Waals surface area contributed by atoms with Crippen molar-refractivity contribution in [3.63, 3.8) is 0 Å². The maximum Gasteiger partial charge on any atom is 0.158 e. The minimum Gasteiger partial charge on any atom is -0.490 e. The zero-order valence-corrected chi connectivity index (χ0v) is 15.8. The number of aromatic nitrogens is 4. The lowest BCUT2D eigenvalue weighted by molar-refractivity contribution is 0.208. The van der Waals surface area contributed by atoms with E-state index in [4.69, 9.17) is 15.7 Å². The Morgan fingerprint density at radius 1 is 1.24 bits per heavy atom. The minimum absolute atomic E-state index is 0.0275. The Bertz CT molecular complexity index is 1060. The van der Waals surface area contributed by atoms with Crippen LogP contribution in [0.3, 0.4) is 0 Å². The first-order valence-electron chi connectivity index (χ1n) is 9.29. The maximum absolute atomic E-state index is 14.2. The van der Waals surface area contributed by atoms with E-state index in [1.807, 2.05) is 6.07 Å². The van der Waals surface area contributed by atoms with Crippen LogP contribution in [0.25, 0.3) is 11.3 Å². The van der Waals surface area contributed by atoms with Gasteiger partial charge in [-0.2, -0.15) is 10.4 Å².